The molecule has 2 saturated heterocycles. The van der Waals surface area contributed by atoms with Crippen molar-refractivity contribution in [2.24, 2.45) is 0 Å². The van der Waals surface area contributed by atoms with Gasteiger partial charge in [0.2, 0.25) is 0 Å². The number of nitrogens with one attached hydrogen (secondary N) is 2. The van der Waals surface area contributed by atoms with Crippen LogP contribution in [0.5, 0.6) is 5.75 Å². The van der Waals surface area contributed by atoms with E-state index in [4.69, 9.17) is 4.74 Å². The van der Waals surface area contributed by atoms with Gasteiger partial charge in [-0.3, -0.25) is 9.69 Å². The third kappa shape index (κ3) is 4.40. The van der Waals surface area contributed by atoms with Crippen LogP contribution in [0.4, 0.5) is 13.6 Å². The number of nitrogens with zero attached hydrogens (tertiary/aromatic N) is 1. The van der Waals surface area contributed by atoms with Crippen molar-refractivity contribution >= 4 is 11.9 Å². The molecule has 3 N–H and O–H groups in total. The topological polar surface area (TPSA) is 92.5 Å². The number of hydrogen-bond acceptors (Lipinski definition) is 5. The number of urea groups is 1. The molecular weight excluding hydrogens is 376 g/mol. The van der Waals surface area contributed by atoms with Crippen LogP contribution in [0.1, 0.15) is 12.5 Å². The zero-order valence-corrected chi connectivity index (χ0v) is 15.5. The van der Waals surface area contributed by atoms with E-state index in [1.807, 2.05) is 0 Å². The van der Waals surface area contributed by atoms with Crippen LogP contribution in [-0.4, -0.2) is 74.1 Å². The number of β-amino-alcohol motifs (C(OH)–C–C–N with tert-alkyl or cyclic N) is 1. The molecule has 28 heavy (non-hydrogen) atoms. The maximum atomic E-state index is 12.9. The number of rotatable bonds is 7. The Balaban J connectivity index is 1.66. The first-order chi connectivity index (χ1) is 13.3. The van der Waals surface area contributed by atoms with Gasteiger partial charge in [-0.2, -0.15) is 8.78 Å². The molecule has 0 saturated carbocycles. The van der Waals surface area contributed by atoms with Gasteiger partial charge in [0.1, 0.15) is 37.0 Å². The Kier molecular flexibility index (Phi) is 6.11. The van der Waals surface area contributed by atoms with Gasteiger partial charge in [0.15, 0.2) is 0 Å². The van der Waals surface area contributed by atoms with Crippen LogP contribution in [0, 0.1) is 0 Å². The molecule has 154 valence electrons. The highest BCUT2D eigenvalue weighted by atomic mass is 19.3. The maximum Gasteiger partial charge on any atom is 0.387 e. The number of carbonyl (C=O) groups is 2. The molecule has 1 aromatic rings. The number of amides is 3. The number of benzene rings is 1. The molecule has 0 aliphatic carbocycles. The van der Waals surface area contributed by atoms with Gasteiger partial charge in [-0.15, -0.1) is 0 Å². The minimum Gasteiger partial charge on any atom is -0.435 e. The van der Waals surface area contributed by atoms with E-state index < -0.39 is 30.2 Å². The van der Waals surface area contributed by atoms with E-state index in [1.54, 1.807) is 0 Å². The molecule has 2 aliphatic heterocycles. The summed E-state index contributed by atoms with van der Waals surface area (Å²) in [5, 5.41) is 13.0. The summed E-state index contributed by atoms with van der Waals surface area (Å²) < 4.78 is 34.1. The maximum absolute atomic E-state index is 12.9. The van der Waals surface area contributed by atoms with Crippen molar-refractivity contribution in [3.05, 3.63) is 29.8 Å². The molecule has 0 aromatic heterocycles. The molecule has 2 aliphatic rings. The van der Waals surface area contributed by atoms with Crippen molar-refractivity contribution in [3.8, 4) is 5.75 Å². The summed E-state index contributed by atoms with van der Waals surface area (Å²) >= 11 is 0. The standard InChI is InChI=1S/C18H23F2N3O5/c1-18(12-2-4-14(5-3-12)28-16(19)20)15(25)23(17(26)21-18)11-13(24)10-22-6-8-27-9-7-22/h2-5,13,16,24H,6-11H2,1H3,(H,21,26)/p+1/t13-,18-/m1/s1. The number of aliphatic hydroxyl groups is 1. The Labute approximate surface area is 161 Å². The number of morpholine rings is 1. The highest BCUT2D eigenvalue weighted by molar-refractivity contribution is 6.07. The Morgan fingerprint density at radius 3 is 2.54 bits per heavy atom. The number of quaternary nitrogens is 1. The van der Waals surface area contributed by atoms with Gasteiger partial charge in [0.25, 0.3) is 5.91 Å². The fourth-order valence-corrected chi connectivity index (χ4v) is 3.50. The summed E-state index contributed by atoms with van der Waals surface area (Å²) in [4.78, 5) is 27.4. The average molecular weight is 400 g/mol. The third-order valence-electron chi connectivity index (χ3n) is 5.05. The normalized spacial score (nSPS) is 24.5. The lowest BCUT2D eigenvalue weighted by Gasteiger charge is -2.27. The van der Waals surface area contributed by atoms with Crippen LogP contribution >= 0.6 is 0 Å². The predicted molar refractivity (Wildman–Crippen MR) is 93.1 cm³/mol. The van der Waals surface area contributed by atoms with Crippen LogP contribution in [0.15, 0.2) is 24.3 Å². The Morgan fingerprint density at radius 2 is 1.93 bits per heavy atom. The van der Waals surface area contributed by atoms with Crippen molar-refractivity contribution in [2.45, 2.75) is 25.2 Å². The molecule has 2 atom stereocenters. The first-order valence-electron chi connectivity index (χ1n) is 9.08. The van der Waals surface area contributed by atoms with Crippen LogP contribution in [0.25, 0.3) is 0 Å². The summed E-state index contributed by atoms with van der Waals surface area (Å²) in [5.74, 6) is -0.545. The minimum absolute atomic E-state index is 0.0418. The Bertz CT molecular complexity index is 712. The van der Waals surface area contributed by atoms with Crippen molar-refractivity contribution in [1.29, 1.82) is 0 Å². The van der Waals surface area contributed by atoms with E-state index in [1.165, 1.54) is 31.2 Å². The lowest BCUT2D eigenvalue weighted by Crippen LogP contribution is -3.15. The molecule has 0 radical (unpaired) electrons. The predicted octanol–water partition coefficient (Wildman–Crippen LogP) is -0.669. The highest BCUT2D eigenvalue weighted by Crippen LogP contribution is 2.30. The number of hydrogen-bond donors (Lipinski definition) is 3. The molecular formula is C18H24F2N3O5+. The number of carbonyl (C=O) groups excluding carboxylic acids is 2. The molecule has 2 fully saturated rings. The summed E-state index contributed by atoms with van der Waals surface area (Å²) in [7, 11) is 0. The molecule has 0 unspecified atom stereocenters. The van der Waals surface area contributed by atoms with Gasteiger partial charge in [0, 0.05) is 0 Å². The van der Waals surface area contributed by atoms with Gasteiger partial charge in [-0.25, -0.2) is 4.79 Å². The van der Waals surface area contributed by atoms with E-state index >= 15 is 0 Å². The molecule has 8 nitrogen and oxygen atoms in total. The fraction of sp³-hybridized carbons (Fsp3) is 0.556. The van der Waals surface area contributed by atoms with E-state index in [0.29, 0.717) is 25.3 Å². The van der Waals surface area contributed by atoms with Crippen LogP contribution in [0.2, 0.25) is 0 Å². The molecule has 2 heterocycles. The zero-order chi connectivity index (χ0) is 20.3. The summed E-state index contributed by atoms with van der Waals surface area (Å²) in [6, 6.07) is 4.93. The van der Waals surface area contributed by atoms with E-state index in [0.717, 1.165) is 22.9 Å². The molecule has 3 rings (SSSR count). The lowest BCUT2D eigenvalue weighted by molar-refractivity contribution is -0.910. The Hall–Kier alpha value is -2.30. The van der Waals surface area contributed by atoms with Crippen LogP contribution < -0.4 is 15.0 Å². The molecule has 10 heteroatoms. The van der Waals surface area contributed by atoms with E-state index in [2.05, 4.69) is 10.1 Å². The number of aliphatic hydroxyl groups excluding tert-OH is 1. The molecule has 1 aromatic carbocycles. The van der Waals surface area contributed by atoms with Crippen molar-refractivity contribution in [3.63, 3.8) is 0 Å². The van der Waals surface area contributed by atoms with Gasteiger partial charge >= 0.3 is 12.6 Å². The minimum atomic E-state index is -2.94. The second kappa shape index (κ2) is 8.38. The third-order valence-corrected chi connectivity index (χ3v) is 5.05. The number of halogens is 2. The largest absolute Gasteiger partial charge is 0.435 e. The smallest absolute Gasteiger partial charge is 0.387 e. The van der Waals surface area contributed by atoms with Gasteiger partial charge in [-0.1, -0.05) is 12.1 Å². The Morgan fingerprint density at radius 1 is 1.29 bits per heavy atom. The second-order valence-corrected chi connectivity index (χ2v) is 7.09. The van der Waals surface area contributed by atoms with E-state index in [9.17, 15) is 23.5 Å². The second-order valence-electron chi connectivity index (χ2n) is 7.09. The van der Waals surface area contributed by atoms with Crippen molar-refractivity contribution in [1.82, 2.24) is 10.2 Å². The quantitative estimate of drug-likeness (QED) is 0.528. The first-order valence-corrected chi connectivity index (χ1v) is 9.08. The van der Waals surface area contributed by atoms with Crippen LogP contribution in [-0.2, 0) is 15.1 Å². The molecule has 0 spiro atoms. The van der Waals surface area contributed by atoms with Crippen molar-refractivity contribution in [2.75, 3.05) is 39.4 Å². The van der Waals surface area contributed by atoms with Gasteiger partial charge in [0.05, 0.1) is 19.8 Å². The van der Waals surface area contributed by atoms with Crippen LogP contribution in [0.3, 0.4) is 0 Å². The number of ether oxygens (including phenoxy) is 2. The van der Waals surface area contributed by atoms with Gasteiger partial charge < -0.3 is 24.8 Å². The highest BCUT2D eigenvalue weighted by Gasteiger charge is 2.49. The van der Waals surface area contributed by atoms with Crippen molar-refractivity contribution < 1.29 is 37.9 Å². The summed E-state index contributed by atoms with van der Waals surface area (Å²) in [6.07, 6.45) is -0.855. The monoisotopic (exact) mass is 400 g/mol. The fourth-order valence-electron chi connectivity index (χ4n) is 3.50. The number of alkyl halides is 2. The first kappa shape index (κ1) is 20.4. The SMILES string of the molecule is C[C@]1(c2ccc(OC(F)F)cc2)NC(=O)N(C[C@H](O)C[NH+]2CCOCC2)C1=O. The lowest BCUT2D eigenvalue weighted by atomic mass is 9.92. The number of imide groups is 1. The summed E-state index contributed by atoms with van der Waals surface area (Å²) in [6.45, 7) is 1.66. The summed E-state index contributed by atoms with van der Waals surface area (Å²) in [5.41, 5.74) is -0.908. The molecule has 0 bridgehead atoms. The molecule has 3 amide bonds. The van der Waals surface area contributed by atoms with E-state index in [-0.39, 0.29) is 12.3 Å². The zero-order valence-electron chi connectivity index (χ0n) is 15.5. The average Bonchev–Trinajstić information content (AvgIpc) is 2.86. The van der Waals surface area contributed by atoms with Gasteiger partial charge in [-0.05, 0) is 24.6 Å².